The number of aromatic nitrogens is 1. The van der Waals surface area contributed by atoms with Crippen LogP contribution in [0.25, 0.3) is 0 Å². The summed E-state index contributed by atoms with van der Waals surface area (Å²) in [5, 5.41) is 3.32. The second kappa shape index (κ2) is 6.17. The third kappa shape index (κ3) is 3.08. The molecule has 3 heteroatoms. The van der Waals surface area contributed by atoms with Crippen molar-refractivity contribution >= 4 is 11.5 Å². The fraction of sp³-hybridized carbons (Fsp3) is 0.267. The van der Waals surface area contributed by atoms with E-state index in [0.29, 0.717) is 6.54 Å². The van der Waals surface area contributed by atoms with E-state index in [1.807, 2.05) is 30.3 Å². The van der Waals surface area contributed by atoms with E-state index in [-0.39, 0.29) is 7.43 Å². The van der Waals surface area contributed by atoms with Crippen molar-refractivity contribution in [2.24, 2.45) is 5.73 Å². The Hall–Kier alpha value is -1.87. The lowest BCUT2D eigenvalue weighted by atomic mass is 10.1. The fourth-order valence-corrected chi connectivity index (χ4v) is 1.78. The van der Waals surface area contributed by atoms with Gasteiger partial charge in [0.1, 0.15) is 5.82 Å². The van der Waals surface area contributed by atoms with E-state index < -0.39 is 0 Å². The maximum atomic E-state index is 5.69. The number of hydrogen-bond donors (Lipinski definition) is 2. The maximum Gasteiger partial charge on any atom is 0.130 e. The van der Waals surface area contributed by atoms with Gasteiger partial charge in [0, 0.05) is 18.4 Å². The fourth-order valence-electron chi connectivity index (χ4n) is 1.78. The molecule has 3 nitrogen and oxygen atoms in total. The smallest absolute Gasteiger partial charge is 0.130 e. The molecule has 0 aliphatic rings. The average Bonchev–Trinajstić information content (AvgIpc) is 2.32. The van der Waals surface area contributed by atoms with Gasteiger partial charge < -0.3 is 11.1 Å². The highest BCUT2D eigenvalue weighted by atomic mass is 15.0. The summed E-state index contributed by atoms with van der Waals surface area (Å²) < 4.78 is 0. The Bertz CT molecular complexity index is 521. The molecule has 0 amide bonds. The van der Waals surface area contributed by atoms with E-state index in [0.717, 1.165) is 17.1 Å². The molecule has 0 aliphatic heterocycles. The first kappa shape index (κ1) is 14.2. The molecule has 18 heavy (non-hydrogen) atoms. The van der Waals surface area contributed by atoms with E-state index in [2.05, 4.69) is 24.1 Å². The number of anilines is 2. The van der Waals surface area contributed by atoms with Gasteiger partial charge in [-0.1, -0.05) is 19.6 Å². The summed E-state index contributed by atoms with van der Waals surface area (Å²) >= 11 is 0. The number of pyridine rings is 1. The second-order valence-corrected chi connectivity index (χ2v) is 4.14. The van der Waals surface area contributed by atoms with Gasteiger partial charge in [-0.25, -0.2) is 4.98 Å². The highest BCUT2D eigenvalue weighted by molar-refractivity contribution is 5.62. The normalized spacial score (nSPS) is 9.72. The molecule has 3 N–H and O–H groups in total. The van der Waals surface area contributed by atoms with Crippen LogP contribution in [0.15, 0.2) is 36.5 Å². The van der Waals surface area contributed by atoms with E-state index >= 15 is 0 Å². The van der Waals surface area contributed by atoms with Crippen LogP contribution in [0, 0.1) is 13.8 Å². The molecule has 0 aliphatic carbocycles. The Morgan fingerprint density at radius 3 is 2.67 bits per heavy atom. The standard InChI is InChI=1S/C14H17N3.CH4/c1-10-6-7-16-14(8-10)17-13-5-3-4-12(9-15)11(13)2;/h3-8H,9,15H2,1-2H3,(H,16,17);1H4. The van der Waals surface area contributed by atoms with Crippen molar-refractivity contribution in [1.82, 2.24) is 4.98 Å². The molecule has 0 unspecified atom stereocenters. The van der Waals surface area contributed by atoms with Crippen LogP contribution in [0.5, 0.6) is 0 Å². The maximum absolute atomic E-state index is 5.69. The second-order valence-electron chi connectivity index (χ2n) is 4.14. The quantitative estimate of drug-likeness (QED) is 0.867. The van der Waals surface area contributed by atoms with Crippen LogP contribution in [0.4, 0.5) is 11.5 Å². The highest BCUT2D eigenvalue weighted by Crippen LogP contribution is 2.22. The molecular formula is C15H21N3. The van der Waals surface area contributed by atoms with Gasteiger partial charge in [0.2, 0.25) is 0 Å². The summed E-state index contributed by atoms with van der Waals surface area (Å²) in [7, 11) is 0. The Labute approximate surface area is 109 Å². The van der Waals surface area contributed by atoms with Gasteiger partial charge >= 0.3 is 0 Å². The number of nitrogens with zero attached hydrogens (tertiary/aromatic N) is 1. The molecule has 0 atom stereocenters. The molecule has 2 aromatic rings. The van der Waals surface area contributed by atoms with Gasteiger partial charge in [0.25, 0.3) is 0 Å². The number of nitrogens with two attached hydrogens (primary N) is 1. The minimum Gasteiger partial charge on any atom is -0.340 e. The Morgan fingerprint density at radius 1 is 1.22 bits per heavy atom. The minimum absolute atomic E-state index is 0. The van der Waals surface area contributed by atoms with Crippen LogP contribution < -0.4 is 11.1 Å². The van der Waals surface area contributed by atoms with Crippen molar-refractivity contribution in [2.45, 2.75) is 27.8 Å². The first-order valence-corrected chi connectivity index (χ1v) is 5.69. The molecule has 96 valence electrons. The first-order valence-electron chi connectivity index (χ1n) is 5.69. The lowest BCUT2D eigenvalue weighted by Gasteiger charge is -2.12. The molecule has 0 fully saturated rings. The molecule has 0 bridgehead atoms. The predicted octanol–water partition coefficient (Wildman–Crippen LogP) is 3.54. The zero-order chi connectivity index (χ0) is 12.3. The highest BCUT2D eigenvalue weighted by Gasteiger charge is 2.03. The number of rotatable bonds is 3. The third-order valence-electron chi connectivity index (χ3n) is 2.84. The zero-order valence-electron chi connectivity index (χ0n) is 10.2. The van der Waals surface area contributed by atoms with Crippen LogP contribution in [0.1, 0.15) is 24.1 Å². The van der Waals surface area contributed by atoms with Crippen LogP contribution in [0.2, 0.25) is 0 Å². The number of hydrogen-bond acceptors (Lipinski definition) is 3. The molecule has 1 aromatic carbocycles. The average molecular weight is 243 g/mol. The predicted molar refractivity (Wildman–Crippen MR) is 78.1 cm³/mol. The molecule has 0 spiro atoms. The van der Waals surface area contributed by atoms with Crippen molar-refractivity contribution in [3.63, 3.8) is 0 Å². The lowest BCUT2D eigenvalue weighted by molar-refractivity contribution is 1.05. The molecule has 0 radical (unpaired) electrons. The third-order valence-corrected chi connectivity index (χ3v) is 2.84. The van der Waals surface area contributed by atoms with Crippen LogP contribution in [-0.2, 0) is 6.54 Å². The van der Waals surface area contributed by atoms with Gasteiger partial charge in [-0.05, 0) is 48.7 Å². The SMILES string of the molecule is C.Cc1ccnc(Nc2cccc(CN)c2C)c1. The lowest BCUT2D eigenvalue weighted by Crippen LogP contribution is -2.02. The number of benzene rings is 1. The Kier molecular flexibility index (Phi) is 4.86. The Morgan fingerprint density at radius 2 is 2.00 bits per heavy atom. The summed E-state index contributed by atoms with van der Waals surface area (Å²) in [5.41, 5.74) is 10.3. The van der Waals surface area contributed by atoms with Crippen LogP contribution in [0.3, 0.4) is 0 Å². The largest absolute Gasteiger partial charge is 0.340 e. The van der Waals surface area contributed by atoms with Crippen LogP contribution >= 0.6 is 0 Å². The van der Waals surface area contributed by atoms with Crippen molar-refractivity contribution < 1.29 is 0 Å². The summed E-state index contributed by atoms with van der Waals surface area (Å²) in [6.07, 6.45) is 1.81. The zero-order valence-corrected chi connectivity index (χ0v) is 10.2. The van der Waals surface area contributed by atoms with Crippen molar-refractivity contribution in [2.75, 3.05) is 5.32 Å². The van der Waals surface area contributed by atoms with Crippen molar-refractivity contribution in [3.05, 3.63) is 53.2 Å². The topological polar surface area (TPSA) is 50.9 Å². The van der Waals surface area contributed by atoms with Gasteiger partial charge in [-0.3, -0.25) is 0 Å². The molecule has 0 saturated carbocycles. The summed E-state index contributed by atoms with van der Waals surface area (Å²) in [4.78, 5) is 4.29. The summed E-state index contributed by atoms with van der Waals surface area (Å²) in [6, 6.07) is 10.1. The molecule has 1 heterocycles. The molecule has 1 aromatic heterocycles. The molecule has 0 saturated heterocycles. The monoisotopic (exact) mass is 243 g/mol. The van der Waals surface area contributed by atoms with E-state index in [4.69, 9.17) is 5.73 Å². The molecular weight excluding hydrogens is 222 g/mol. The van der Waals surface area contributed by atoms with Gasteiger partial charge in [0.05, 0.1) is 0 Å². The van der Waals surface area contributed by atoms with Gasteiger partial charge in [0.15, 0.2) is 0 Å². The van der Waals surface area contributed by atoms with E-state index in [1.54, 1.807) is 6.20 Å². The molecule has 2 rings (SSSR count). The van der Waals surface area contributed by atoms with Crippen molar-refractivity contribution in [1.29, 1.82) is 0 Å². The summed E-state index contributed by atoms with van der Waals surface area (Å²) in [5.74, 6) is 0.863. The first-order chi connectivity index (χ1) is 8.20. The van der Waals surface area contributed by atoms with E-state index in [1.165, 1.54) is 11.1 Å². The summed E-state index contributed by atoms with van der Waals surface area (Å²) in [6.45, 7) is 4.68. The minimum atomic E-state index is 0. The van der Waals surface area contributed by atoms with Gasteiger partial charge in [-0.2, -0.15) is 0 Å². The van der Waals surface area contributed by atoms with E-state index in [9.17, 15) is 0 Å². The van der Waals surface area contributed by atoms with Crippen LogP contribution in [-0.4, -0.2) is 4.98 Å². The van der Waals surface area contributed by atoms with Crippen molar-refractivity contribution in [3.8, 4) is 0 Å². The Balaban J connectivity index is 0.00000162. The van der Waals surface area contributed by atoms with Gasteiger partial charge in [-0.15, -0.1) is 0 Å². The number of aryl methyl sites for hydroxylation is 1. The number of nitrogens with one attached hydrogen (secondary N) is 1.